The van der Waals surface area contributed by atoms with Crippen LogP contribution in [0.25, 0.3) is 0 Å². The Hall–Kier alpha value is -2.66. The van der Waals surface area contributed by atoms with Crippen molar-refractivity contribution in [2.45, 2.75) is 31.9 Å². The molecule has 1 atom stereocenters. The molecule has 0 aromatic heterocycles. The Balaban J connectivity index is 2.07. The highest BCUT2D eigenvalue weighted by Gasteiger charge is 2.16. The maximum atomic E-state index is 12.5. The van der Waals surface area contributed by atoms with Crippen LogP contribution in [0.4, 0.5) is 0 Å². The molecule has 2 aromatic carbocycles. The maximum Gasteiger partial charge on any atom is 0.303 e. The smallest absolute Gasteiger partial charge is 0.303 e. The molecule has 0 heterocycles. The molecule has 1 unspecified atom stereocenters. The molecular formula is C20H23NO4. The second kappa shape index (κ2) is 9.59. The van der Waals surface area contributed by atoms with Gasteiger partial charge in [0.1, 0.15) is 0 Å². The van der Waals surface area contributed by atoms with E-state index in [-0.39, 0.29) is 18.4 Å². The molecule has 132 valence electrons. The number of benzene rings is 2. The van der Waals surface area contributed by atoms with Crippen molar-refractivity contribution in [1.29, 1.82) is 0 Å². The summed E-state index contributed by atoms with van der Waals surface area (Å²) in [6.07, 6.45) is 0.993. The number of carboxylic acids is 1. The van der Waals surface area contributed by atoms with E-state index in [9.17, 15) is 9.59 Å². The van der Waals surface area contributed by atoms with Crippen molar-refractivity contribution in [1.82, 2.24) is 5.32 Å². The molecule has 2 rings (SSSR count). The lowest BCUT2D eigenvalue weighted by Crippen LogP contribution is -2.37. The van der Waals surface area contributed by atoms with Crippen LogP contribution in [0.5, 0.6) is 0 Å². The lowest BCUT2D eigenvalue weighted by atomic mass is 10.0. The van der Waals surface area contributed by atoms with Crippen LogP contribution in [-0.2, 0) is 22.6 Å². The van der Waals surface area contributed by atoms with Gasteiger partial charge in [0.15, 0.2) is 0 Å². The highest BCUT2D eigenvalue weighted by atomic mass is 16.5. The Morgan fingerprint density at radius 1 is 1.08 bits per heavy atom. The summed E-state index contributed by atoms with van der Waals surface area (Å²) in [7, 11) is 1.61. The number of rotatable bonds is 9. The van der Waals surface area contributed by atoms with Crippen molar-refractivity contribution in [3.63, 3.8) is 0 Å². The normalized spacial score (nSPS) is 11.7. The van der Waals surface area contributed by atoms with Crippen LogP contribution >= 0.6 is 0 Å². The standard InChI is InChI=1S/C20H23NO4/c1-25-14-16-8-5-9-17(12-16)20(24)21-18(10-11-19(22)23)13-15-6-3-2-4-7-15/h2-9,12,18H,10-11,13-14H2,1H3,(H,21,24)(H,22,23). The predicted molar refractivity (Wildman–Crippen MR) is 95.4 cm³/mol. The van der Waals surface area contributed by atoms with Crippen molar-refractivity contribution >= 4 is 11.9 Å². The van der Waals surface area contributed by atoms with Crippen LogP contribution in [0, 0.1) is 0 Å². The minimum atomic E-state index is -0.866. The first-order valence-electron chi connectivity index (χ1n) is 8.23. The number of hydrogen-bond donors (Lipinski definition) is 2. The van der Waals surface area contributed by atoms with Gasteiger partial charge in [-0.1, -0.05) is 42.5 Å². The fourth-order valence-corrected chi connectivity index (χ4v) is 2.66. The second-order valence-electron chi connectivity index (χ2n) is 5.93. The van der Waals surface area contributed by atoms with E-state index in [1.807, 2.05) is 42.5 Å². The first kappa shape index (κ1) is 18.7. The summed E-state index contributed by atoms with van der Waals surface area (Å²) in [4.78, 5) is 23.4. The number of nitrogens with one attached hydrogen (secondary N) is 1. The van der Waals surface area contributed by atoms with Crippen molar-refractivity contribution in [2.24, 2.45) is 0 Å². The Labute approximate surface area is 147 Å². The first-order valence-corrected chi connectivity index (χ1v) is 8.23. The number of carbonyl (C=O) groups is 2. The summed E-state index contributed by atoms with van der Waals surface area (Å²) in [6.45, 7) is 0.438. The highest BCUT2D eigenvalue weighted by molar-refractivity contribution is 5.94. The van der Waals surface area contributed by atoms with Gasteiger partial charge in [0.2, 0.25) is 0 Å². The van der Waals surface area contributed by atoms with Gasteiger partial charge in [0, 0.05) is 25.1 Å². The van der Waals surface area contributed by atoms with Crippen molar-refractivity contribution in [3.8, 4) is 0 Å². The summed E-state index contributed by atoms with van der Waals surface area (Å²) in [5.74, 6) is -1.07. The molecule has 2 N–H and O–H groups in total. The van der Waals surface area contributed by atoms with Gasteiger partial charge >= 0.3 is 5.97 Å². The summed E-state index contributed by atoms with van der Waals surface area (Å²) in [5.41, 5.74) is 2.52. The van der Waals surface area contributed by atoms with E-state index in [2.05, 4.69) is 5.32 Å². The quantitative estimate of drug-likeness (QED) is 0.735. The van der Waals surface area contributed by atoms with E-state index in [1.165, 1.54) is 0 Å². The number of amides is 1. The summed E-state index contributed by atoms with van der Waals surface area (Å²) in [5, 5.41) is 11.9. The molecule has 0 aliphatic heterocycles. The number of carbonyl (C=O) groups excluding carboxylic acids is 1. The zero-order chi connectivity index (χ0) is 18.1. The van der Waals surface area contributed by atoms with Crippen LogP contribution in [0.1, 0.15) is 34.3 Å². The SMILES string of the molecule is COCc1cccc(C(=O)NC(CCC(=O)O)Cc2ccccc2)c1. The van der Waals surface area contributed by atoms with Crippen molar-refractivity contribution in [3.05, 3.63) is 71.3 Å². The summed E-state index contributed by atoms with van der Waals surface area (Å²) >= 11 is 0. The van der Waals surface area contributed by atoms with Crippen LogP contribution in [-0.4, -0.2) is 30.1 Å². The van der Waals surface area contributed by atoms with E-state index >= 15 is 0 Å². The van der Waals surface area contributed by atoms with Crippen molar-refractivity contribution < 1.29 is 19.4 Å². The molecule has 0 aliphatic rings. The summed E-state index contributed by atoms with van der Waals surface area (Å²) < 4.78 is 5.09. The van der Waals surface area contributed by atoms with Crippen molar-refractivity contribution in [2.75, 3.05) is 7.11 Å². The monoisotopic (exact) mass is 341 g/mol. The zero-order valence-electron chi connectivity index (χ0n) is 14.3. The molecule has 0 radical (unpaired) electrons. The fourth-order valence-electron chi connectivity index (χ4n) is 2.66. The molecular weight excluding hydrogens is 318 g/mol. The van der Waals surface area contributed by atoms with Crippen LogP contribution in [0.3, 0.4) is 0 Å². The molecule has 2 aromatic rings. The highest BCUT2D eigenvalue weighted by Crippen LogP contribution is 2.11. The number of hydrogen-bond acceptors (Lipinski definition) is 3. The molecule has 25 heavy (non-hydrogen) atoms. The van der Waals surface area contributed by atoms with Gasteiger partial charge in [-0.05, 0) is 36.1 Å². The van der Waals surface area contributed by atoms with Gasteiger partial charge in [0.25, 0.3) is 5.91 Å². The Bertz CT molecular complexity index is 700. The Kier molecular flexibility index (Phi) is 7.16. The van der Waals surface area contributed by atoms with Gasteiger partial charge in [-0.15, -0.1) is 0 Å². The molecule has 5 nitrogen and oxygen atoms in total. The summed E-state index contributed by atoms with van der Waals surface area (Å²) in [6, 6.07) is 16.7. The zero-order valence-corrected chi connectivity index (χ0v) is 14.3. The minimum absolute atomic E-state index is 0.0154. The number of ether oxygens (including phenoxy) is 1. The topological polar surface area (TPSA) is 75.6 Å². The average molecular weight is 341 g/mol. The maximum absolute atomic E-state index is 12.5. The Morgan fingerprint density at radius 3 is 2.48 bits per heavy atom. The Morgan fingerprint density at radius 2 is 1.80 bits per heavy atom. The molecule has 0 fully saturated rings. The van der Waals surface area contributed by atoms with E-state index in [0.29, 0.717) is 25.0 Å². The van der Waals surface area contributed by atoms with Crippen LogP contribution < -0.4 is 5.32 Å². The lowest BCUT2D eigenvalue weighted by Gasteiger charge is -2.18. The van der Waals surface area contributed by atoms with E-state index in [0.717, 1.165) is 11.1 Å². The lowest BCUT2D eigenvalue weighted by molar-refractivity contribution is -0.137. The number of aliphatic carboxylic acids is 1. The van der Waals surface area contributed by atoms with Gasteiger partial charge in [-0.25, -0.2) is 0 Å². The largest absolute Gasteiger partial charge is 0.481 e. The minimum Gasteiger partial charge on any atom is -0.481 e. The second-order valence-corrected chi connectivity index (χ2v) is 5.93. The van der Waals surface area contributed by atoms with Crippen LogP contribution in [0.2, 0.25) is 0 Å². The molecule has 0 spiro atoms. The third-order valence-electron chi connectivity index (χ3n) is 3.87. The molecule has 5 heteroatoms. The third kappa shape index (κ3) is 6.39. The molecule has 0 aliphatic carbocycles. The molecule has 0 saturated carbocycles. The van der Waals surface area contributed by atoms with Gasteiger partial charge in [-0.2, -0.15) is 0 Å². The molecule has 1 amide bonds. The first-order chi connectivity index (χ1) is 12.1. The average Bonchev–Trinajstić information content (AvgIpc) is 2.61. The van der Waals surface area contributed by atoms with Crippen LogP contribution in [0.15, 0.2) is 54.6 Å². The van der Waals surface area contributed by atoms with Gasteiger partial charge in [0.05, 0.1) is 6.61 Å². The predicted octanol–water partition coefficient (Wildman–Crippen LogP) is 3.04. The van der Waals surface area contributed by atoms with E-state index in [4.69, 9.17) is 9.84 Å². The third-order valence-corrected chi connectivity index (χ3v) is 3.87. The molecule has 0 saturated heterocycles. The van der Waals surface area contributed by atoms with Gasteiger partial charge in [-0.3, -0.25) is 9.59 Å². The number of methoxy groups -OCH3 is 1. The number of carboxylic acid groups (broad SMARTS) is 1. The molecule has 0 bridgehead atoms. The van der Waals surface area contributed by atoms with E-state index < -0.39 is 5.97 Å². The fraction of sp³-hybridized carbons (Fsp3) is 0.300. The van der Waals surface area contributed by atoms with E-state index in [1.54, 1.807) is 19.2 Å². The van der Waals surface area contributed by atoms with Gasteiger partial charge < -0.3 is 15.2 Å².